The van der Waals surface area contributed by atoms with Crippen molar-refractivity contribution in [1.82, 2.24) is 15.4 Å². The van der Waals surface area contributed by atoms with Crippen LogP contribution in [0.15, 0.2) is 72.1 Å². The van der Waals surface area contributed by atoms with E-state index in [-0.39, 0.29) is 18.0 Å². The molecule has 0 bridgehead atoms. The number of carbonyl (C=O) groups is 1. The molecule has 2 heterocycles. The lowest BCUT2D eigenvalue weighted by Crippen LogP contribution is -2.25. The van der Waals surface area contributed by atoms with Crippen molar-refractivity contribution >= 4 is 34.8 Å². The molecule has 1 unspecified atom stereocenters. The highest BCUT2D eigenvalue weighted by Gasteiger charge is 2.20. The molecule has 0 radical (unpaired) electrons. The van der Waals surface area contributed by atoms with E-state index in [2.05, 4.69) is 20.5 Å². The Morgan fingerprint density at radius 2 is 1.82 bits per heavy atom. The topological polar surface area (TPSA) is 93.3 Å². The van der Waals surface area contributed by atoms with Crippen LogP contribution in [0.25, 0.3) is 0 Å². The summed E-state index contributed by atoms with van der Waals surface area (Å²) < 4.78 is 0. The molecule has 2 aromatic heterocycles. The molecule has 1 aromatic carbocycles. The zero-order valence-electron chi connectivity index (χ0n) is 14.7. The Bertz CT molecular complexity index is 980. The molecule has 3 N–H and O–H groups in total. The minimum Gasteiger partial charge on any atom is -0.380 e. The molecular weight excluding hydrogens is 397 g/mol. The number of benzene rings is 1. The summed E-state index contributed by atoms with van der Waals surface area (Å²) in [6, 6.07) is 15.1. The fourth-order valence-corrected chi connectivity index (χ4v) is 3.04. The van der Waals surface area contributed by atoms with Crippen molar-refractivity contribution in [3.8, 4) is 0 Å². The number of Topliss-reactive ketones (excluding diaryl/α,β-unsaturated/α-hetero) is 1. The van der Waals surface area contributed by atoms with Crippen LogP contribution in [0.5, 0.6) is 0 Å². The van der Waals surface area contributed by atoms with Gasteiger partial charge in [-0.1, -0.05) is 35.3 Å². The van der Waals surface area contributed by atoms with E-state index in [9.17, 15) is 4.79 Å². The van der Waals surface area contributed by atoms with E-state index in [1.54, 1.807) is 48.8 Å². The molecule has 0 aliphatic carbocycles. The van der Waals surface area contributed by atoms with Gasteiger partial charge < -0.3 is 5.73 Å². The van der Waals surface area contributed by atoms with Crippen molar-refractivity contribution in [2.45, 2.75) is 12.5 Å². The third-order valence-corrected chi connectivity index (χ3v) is 4.48. The molecular formula is C20H17Cl2N5O. The third kappa shape index (κ3) is 5.06. The lowest BCUT2D eigenvalue weighted by molar-refractivity contribution is 0.0968. The number of hydrazone groups is 1. The van der Waals surface area contributed by atoms with Gasteiger partial charge in [-0.05, 0) is 42.5 Å². The maximum Gasteiger partial charge on any atom is 0.169 e. The van der Waals surface area contributed by atoms with E-state index in [1.807, 2.05) is 12.1 Å². The summed E-state index contributed by atoms with van der Waals surface area (Å²) in [7, 11) is 0. The average Bonchev–Trinajstić information content (AvgIpc) is 2.72. The summed E-state index contributed by atoms with van der Waals surface area (Å²) in [5.74, 6) is 0.0370. The Morgan fingerprint density at radius 1 is 1.07 bits per heavy atom. The first-order chi connectivity index (χ1) is 13.5. The van der Waals surface area contributed by atoms with Gasteiger partial charge in [-0.3, -0.25) is 20.2 Å². The Morgan fingerprint density at radius 3 is 2.46 bits per heavy atom. The molecule has 28 heavy (non-hydrogen) atoms. The number of hydrogen-bond acceptors (Lipinski definition) is 5. The highest BCUT2D eigenvalue weighted by Crippen LogP contribution is 2.25. The molecule has 142 valence electrons. The molecule has 0 saturated heterocycles. The number of hydrogen-bond donors (Lipinski definition) is 2. The van der Waals surface area contributed by atoms with Gasteiger partial charge in [-0.2, -0.15) is 5.10 Å². The predicted octanol–water partition coefficient (Wildman–Crippen LogP) is 4.01. The van der Waals surface area contributed by atoms with Crippen molar-refractivity contribution in [2.75, 3.05) is 0 Å². The van der Waals surface area contributed by atoms with Crippen LogP contribution in [0.1, 0.15) is 34.2 Å². The number of carbonyl (C=O) groups excluding carboxylic acids is 1. The van der Waals surface area contributed by atoms with Crippen LogP contribution in [-0.4, -0.2) is 21.6 Å². The van der Waals surface area contributed by atoms with Crippen LogP contribution in [0.2, 0.25) is 10.0 Å². The molecule has 6 nitrogen and oxygen atoms in total. The quantitative estimate of drug-likeness (QED) is 0.264. The Hall–Kier alpha value is -2.96. The minimum atomic E-state index is -0.497. The highest BCUT2D eigenvalue weighted by atomic mass is 35.5. The second-order valence-electron chi connectivity index (χ2n) is 5.90. The van der Waals surface area contributed by atoms with E-state index in [1.165, 1.54) is 6.07 Å². The predicted molar refractivity (Wildman–Crippen MR) is 110 cm³/mol. The summed E-state index contributed by atoms with van der Waals surface area (Å²) in [6.07, 6.45) is 3.35. The zero-order valence-corrected chi connectivity index (χ0v) is 16.2. The van der Waals surface area contributed by atoms with Crippen molar-refractivity contribution in [3.63, 3.8) is 0 Å². The summed E-state index contributed by atoms with van der Waals surface area (Å²) in [5.41, 5.74) is 10.5. The molecule has 0 spiro atoms. The largest absolute Gasteiger partial charge is 0.380 e. The van der Waals surface area contributed by atoms with Crippen molar-refractivity contribution in [1.29, 1.82) is 0 Å². The van der Waals surface area contributed by atoms with E-state index in [0.717, 1.165) is 0 Å². The lowest BCUT2D eigenvalue weighted by Gasteiger charge is -2.16. The summed E-state index contributed by atoms with van der Waals surface area (Å²) >= 11 is 12.1. The van der Waals surface area contributed by atoms with Gasteiger partial charge in [0.15, 0.2) is 11.6 Å². The molecule has 0 amide bonds. The van der Waals surface area contributed by atoms with E-state index >= 15 is 0 Å². The number of ketones is 1. The van der Waals surface area contributed by atoms with Gasteiger partial charge in [0.2, 0.25) is 0 Å². The number of nitrogens with two attached hydrogens (primary N) is 1. The SMILES string of the molecule is N/C(=N\NC(CC(=O)c1ccc(Cl)cc1Cl)c1ccccn1)c1ccccn1. The van der Waals surface area contributed by atoms with Crippen molar-refractivity contribution in [2.24, 2.45) is 10.8 Å². The van der Waals surface area contributed by atoms with Crippen LogP contribution in [0, 0.1) is 0 Å². The van der Waals surface area contributed by atoms with Gasteiger partial charge in [-0.15, -0.1) is 0 Å². The summed E-state index contributed by atoms with van der Waals surface area (Å²) in [6.45, 7) is 0. The smallest absolute Gasteiger partial charge is 0.169 e. The van der Waals surface area contributed by atoms with Crippen LogP contribution in [-0.2, 0) is 0 Å². The van der Waals surface area contributed by atoms with Crippen LogP contribution in [0.3, 0.4) is 0 Å². The molecule has 0 aliphatic rings. The lowest BCUT2D eigenvalue weighted by atomic mass is 10.0. The molecule has 3 aromatic rings. The fourth-order valence-electron chi connectivity index (χ4n) is 2.53. The highest BCUT2D eigenvalue weighted by molar-refractivity contribution is 6.36. The second-order valence-corrected chi connectivity index (χ2v) is 6.74. The van der Waals surface area contributed by atoms with Gasteiger partial charge in [0, 0.05) is 29.4 Å². The van der Waals surface area contributed by atoms with E-state index in [4.69, 9.17) is 28.9 Å². The van der Waals surface area contributed by atoms with E-state index in [0.29, 0.717) is 27.0 Å². The average molecular weight is 414 g/mol. The zero-order chi connectivity index (χ0) is 19.9. The number of amidine groups is 1. The number of rotatable bonds is 7. The molecule has 8 heteroatoms. The van der Waals surface area contributed by atoms with Crippen molar-refractivity contribution in [3.05, 3.63) is 94.0 Å². The first-order valence-corrected chi connectivity index (χ1v) is 9.19. The van der Waals surface area contributed by atoms with Crippen LogP contribution >= 0.6 is 23.2 Å². The van der Waals surface area contributed by atoms with Gasteiger partial charge >= 0.3 is 0 Å². The summed E-state index contributed by atoms with van der Waals surface area (Å²) in [4.78, 5) is 21.3. The number of halogens is 2. The van der Waals surface area contributed by atoms with Crippen LogP contribution in [0.4, 0.5) is 0 Å². The van der Waals surface area contributed by atoms with Gasteiger partial charge in [-0.25, -0.2) is 0 Å². The maximum absolute atomic E-state index is 12.8. The van der Waals surface area contributed by atoms with Crippen molar-refractivity contribution < 1.29 is 4.79 Å². The monoisotopic (exact) mass is 413 g/mol. The molecule has 3 rings (SSSR count). The number of pyridine rings is 2. The Balaban J connectivity index is 1.82. The van der Waals surface area contributed by atoms with Gasteiger partial charge in [0.05, 0.1) is 16.8 Å². The second kappa shape index (κ2) is 9.30. The molecule has 0 aliphatic heterocycles. The van der Waals surface area contributed by atoms with E-state index < -0.39 is 6.04 Å². The summed E-state index contributed by atoms with van der Waals surface area (Å²) in [5, 5.41) is 4.96. The number of nitrogens with zero attached hydrogens (tertiary/aromatic N) is 3. The van der Waals surface area contributed by atoms with Gasteiger partial charge in [0.1, 0.15) is 5.69 Å². The number of aromatic nitrogens is 2. The maximum atomic E-state index is 12.8. The standard InChI is InChI=1S/C20H17Cl2N5O/c21-13-7-8-14(15(22)11-13)19(28)12-18(16-5-1-3-9-24-16)26-27-20(23)17-6-2-4-10-25-17/h1-11,18,26H,12H2,(H2,23,27). The molecule has 0 fully saturated rings. The number of nitrogens with one attached hydrogen (secondary N) is 1. The normalized spacial score (nSPS) is 12.4. The van der Waals surface area contributed by atoms with Crippen LogP contribution < -0.4 is 11.2 Å². The Kier molecular flexibility index (Phi) is 6.57. The molecule has 0 saturated carbocycles. The first-order valence-electron chi connectivity index (χ1n) is 8.44. The third-order valence-electron chi connectivity index (χ3n) is 3.93. The first kappa shape index (κ1) is 19.8. The minimum absolute atomic E-state index is 0.0807. The molecule has 1 atom stereocenters. The Labute approximate surface area is 172 Å². The van der Waals surface area contributed by atoms with Gasteiger partial charge in [0.25, 0.3) is 0 Å². The fraction of sp³-hybridized carbons (Fsp3) is 0.100.